The minimum absolute atomic E-state index is 0.104. The van der Waals surface area contributed by atoms with Gasteiger partial charge in [0.25, 0.3) is 0 Å². The van der Waals surface area contributed by atoms with Crippen LogP contribution in [0.5, 0.6) is 0 Å². The third kappa shape index (κ3) is 3.09. The smallest absolute Gasteiger partial charge is 0.0670 e. The Balaban J connectivity index is 2.14. The average Bonchev–Trinajstić information content (AvgIpc) is 2.40. The van der Waals surface area contributed by atoms with Crippen molar-refractivity contribution in [3.05, 3.63) is 30.1 Å². The van der Waals surface area contributed by atoms with Crippen molar-refractivity contribution in [2.75, 3.05) is 7.05 Å². The zero-order valence-electron chi connectivity index (χ0n) is 11.5. The van der Waals surface area contributed by atoms with Gasteiger partial charge in [-0.25, -0.2) is 0 Å². The van der Waals surface area contributed by atoms with E-state index in [1.165, 1.54) is 32.1 Å². The lowest BCUT2D eigenvalue weighted by atomic mass is 9.92. The van der Waals surface area contributed by atoms with Crippen LogP contribution in [0.25, 0.3) is 0 Å². The molecule has 1 aromatic rings. The summed E-state index contributed by atoms with van der Waals surface area (Å²) in [6.07, 6.45) is 8.54. The van der Waals surface area contributed by atoms with Gasteiger partial charge in [-0.1, -0.05) is 25.3 Å². The minimum atomic E-state index is 0.104. The Kier molecular flexibility index (Phi) is 4.72. The molecule has 1 aromatic heterocycles. The van der Waals surface area contributed by atoms with Crippen molar-refractivity contribution < 1.29 is 0 Å². The van der Waals surface area contributed by atoms with E-state index in [0.717, 1.165) is 5.69 Å². The summed E-state index contributed by atoms with van der Waals surface area (Å²) >= 11 is 0. The molecule has 0 bridgehead atoms. The molecule has 3 nitrogen and oxygen atoms in total. The molecule has 0 aliphatic heterocycles. The monoisotopic (exact) mass is 247 g/mol. The molecule has 1 aliphatic rings. The maximum absolute atomic E-state index is 6.19. The van der Waals surface area contributed by atoms with Gasteiger partial charge < -0.3 is 5.73 Å². The Morgan fingerprint density at radius 3 is 2.56 bits per heavy atom. The summed E-state index contributed by atoms with van der Waals surface area (Å²) in [7, 11) is 2.21. The van der Waals surface area contributed by atoms with Crippen molar-refractivity contribution in [1.29, 1.82) is 0 Å². The Morgan fingerprint density at radius 2 is 2.00 bits per heavy atom. The normalized spacial score (nSPS) is 20.9. The molecular weight excluding hydrogens is 222 g/mol. The molecule has 0 spiro atoms. The van der Waals surface area contributed by atoms with E-state index in [1.807, 2.05) is 18.3 Å². The Bertz CT molecular complexity index is 344. The lowest BCUT2D eigenvalue weighted by molar-refractivity contribution is 0.121. The molecular formula is C15H25N3. The standard InChI is InChI=1S/C15H25N3/c1-12(16)15(14-10-6-7-11-17-14)18(2)13-8-4-3-5-9-13/h6-7,10-13,15H,3-5,8-9,16H2,1-2H3. The van der Waals surface area contributed by atoms with Gasteiger partial charge in [0.05, 0.1) is 11.7 Å². The van der Waals surface area contributed by atoms with Crippen LogP contribution in [0, 0.1) is 0 Å². The highest BCUT2D eigenvalue weighted by Crippen LogP contribution is 2.29. The zero-order chi connectivity index (χ0) is 13.0. The van der Waals surface area contributed by atoms with E-state index in [-0.39, 0.29) is 12.1 Å². The van der Waals surface area contributed by atoms with Gasteiger partial charge in [0.1, 0.15) is 0 Å². The van der Waals surface area contributed by atoms with Gasteiger partial charge in [-0.05, 0) is 38.9 Å². The fourth-order valence-electron chi connectivity index (χ4n) is 3.12. The zero-order valence-corrected chi connectivity index (χ0v) is 11.5. The number of likely N-dealkylation sites (N-methyl/N-ethyl adjacent to an activating group) is 1. The van der Waals surface area contributed by atoms with Gasteiger partial charge in [0.15, 0.2) is 0 Å². The van der Waals surface area contributed by atoms with Crippen molar-refractivity contribution in [3.8, 4) is 0 Å². The number of hydrogen-bond acceptors (Lipinski definition) is 3. The molecule has 1 saturated carbocycles. The van der Waals surface area contributed by atoms with E-state index in [4.69, 9.17) is 5.73 Å². The minimum Gasteiger partial charge on any atom is -0.326 e. The quantitative estimate of drug-likeness (QED) is 0.889. The van der Waals surface area contributed by atoms with Crippen molar-refractivity contribution in [2.24, 2.45) is 5.73 Å². The predicted molar refractivity (Wildman–Crippen MR) is 75.3 cm³/mol. The third-order valence-corrected chi connectivity index (χ3v) is 4.08. The van der Waals surface area contributed by atoms with Gasteiger partial charge in [-0.2, -0.15) is 0 Å². The van der Waals surface area contributed by atoms with Crippen LogP contribution in [-0.2, 0) is 0 Å². The van der Waals surface area contributed by atoms with Gasteiger partial charge in [-0.15, -0.1) is 0 Å². The number of rotatable bonds is 4. The topological polar surface area (TPSA) is 42.1 Å². The third-order valence-electron chi connectivity index (χ3n) is 4.08. The number of nitrogens with two attached hydrogens (primary N) is 1. The van der Waals surface area contributed by atoms with Gasteiger partial charge in [0.2, 0.25) is 0 Å². The average molecular weight is 247 g/mol. The summed E-state index contributed by atoms with van der Waals surface area (Å²) in [5.74, 6) is 0. The number of aromatic nitrogens is 1. The molecule has 0 aromatic carbocycles. The summed E-state index contributed by atoms with van der Waals surface area (Å²) in [6.45, 7) is 2.08. The summed E-state index contributed by atoms with van der Waals surface area (Å²) in [5, 5.41) is 0. The van der Waals surface area contributed by atoms with E-state index in [9.17, 15) is 0 Å². The molecule has 0 amide bonds. The Hall–Kier alpha value is -0.930. The second-order valence-electron chi connectivity index (χ2n) is 5.52. The Morgan fingerprint density at radius 1 is 1.28 bits per heavy atom. The fraction of sp³-hybridized carbons (Fsp3) is 0.667. The van der Waals surface area contributed by atoms with Crippen LogP contribution in [0.4, 0.5) is 0 Å². The maximum atomic E-state index is 6.19. The highest BCUT2D eigenvalue weighted by atomic mass is 15.2. The van der Waals surface area contributed by atoms with Gasteiger partial charge in [0, 0.05) is 18.3 Å². The molecule has 1 aliphatic carbocycles. The van der Waals surface area contributed by atoms with E-state index in [0.29, 0.717) is 6.04 Å². The van der Waals surface area contributed by atoms with E-state index in [1.54, 1.807) is 0 Å². The molecule has 1 fully saturated rings. The second kappa shape index (κ2) is 6.30. The summed E-state index contributed by atoms with van der Waals surface area (Å²) < 4.78 is 0. The van der Waals surface area contributed by atoms with Crippen LogP contribution in [0.1, 0.15) is 50.8 Å². The van der Waals surface area contributed by atoms with Gasteiger partial charge in [-0.3, -0.25) is 9.88 Å². The highest BCUT2D eigenvalue weighted by Gasteiger charge is 2.28. The van der Waals surface area contributed by atoms with Crippen LogP contribution in [0.2, 0.25) is 0 Å². The van der Waals surface area contributed by atoms with E-state index >= 15 is 0 Å². The van der Waals surface area contributed by atoms with E-state index < -0.39 is 0 Å². The van der Waals surface area contributed by atoms with Crippen LogP contribution < -0.4 is 5.73 Å². The molecule has 2 N–H and O–H groups in total. The fourth-order valence-corrected chi connectivity index (χ4v) is 3.12. The van der Waals surface area contributed by atoms with Crippen LogP contribution >= 0.6 is 0 Å². The second-order valence-corrected chi connectivity index (χ2v) is 5.52. The first-order valence-electron chi connectivity index (χ1n) is 7.08. The molecule has 2 unspecified atom stereocenters. The molecule has 2 atom stereocenters. The number of nitrogens with zero attached hydrogens (tertiary/aromatic N) is 2. The van der Waals surface area contributed by atoms with Gasteiger partial charge >= 0.3 is 0 Å². The first-order chi connectivity index (χ1) is 8.70. The van der Waals surface area contributed by atoms with Crippen LogP contribution in [-0.4, -0.2) is 29.0 Å². The predicted octanol–water partition coefficient (Wildman–Crippen LogP) is 2.73. The molecule has 0 radical (unpaired) electrons. The SMILES string of the molecule is CC(N)C(c1ccccn1)N(C)C1CCCCC1. The molecule has 2 rings (SSSR count). The molecule has 0 saturated heterocycles. The van der Waals surface area contributed by atoms with Crippen molar-refractivity contribution in [1.82, 2.24) is 9.88 Å². The van der Waals surface area contributed by atoms with Crippen LogP contribution in [0.3, 0.4) is 0 Å². The Labute approximate surface area is 110 Å². The molecule has 3 heteroatoms. The lowest BCUT2D eigenvalue weighted by Crippen LogP contribution is -2.44. The summed E-state index contributed by atoms with van der Waals surface area (Å²) in [4.78, 5) is 6.95. The van der Waals surface area contributed by atoms with Crippen LogP contribution in [0.15, 0.2) is 24.4 Å². The molecule has 100 valence electrons. The first kappa shape index (κ1) is 13.5. The highest BCUT2D eigenvalue weighted by molar-refractivity contribution is 5.11. The number of pyridine rings is 1. The molecule has 18 heavy (non-hydrogen) atoms. The van der Waals surface area contributed by atoms with Crippen molar-refractivity contribution >= 4 is 0 Å². The summed E-state index contributed by atoms with van der Waals surface area (Å²) in [5.41, 5.74) is 7.29. The first-order valence-corrected chi connectivity index (χ1v) is 7.08. The lowest BCUT2D eigenvalue weighted by Gasteiger charge is -2.38. The van der Waals surface area contributed by atoms with Crippen molar-refractivity contribution in [3.63, 3.8) is 0 Å². The number of hydrogen-bond donors (Lipinski definition) is 1. The van der Waals surface area contributed by atoms with E-state index in [2.05, 4.69) is 29.9 Å². The molecule has 1 heterocycles. The summed E-state index contributed by atoms with van der Waals surface area (Å²) in [6, 6.07) is 7.10. The van der Waals surface area contributed by atoms with Crippen molar-refractivity contribution in [2.45, 2.75) is 57.2 Å². The largest absolute Gasteiger partial charge is 0.326 e. The maximum Gasteiger partial charge on any atom is 0.0670 e.